The SMILES string of the molecule is Cc1cc(N=C=O)c([N+](=O)[O-])cc1C. The molecule has 0 heterocycles. The average Bonchev–Trinajstić information content (AvgIpc) is 2.11. The predicted octanol–water partition coefficient (Wildman–Crippen LogP) is 2.18. The van der Waals surface area contributed by atoms with Gasteiger partial charge in [0.2, 0.25) is 6.08 Å². The van der Waals surface area contributed by atoms with Crippen LogP contribution in [-0.2, 0) is 4.79 Å². The minimum absolute atomic E-state index is 0.0492. The Hall–Kier alpha value is -2.00. The topological polar surface area (TPSA) is 72.6 Å². The number of carbonyl (C=O) groups excluding carboxylic acids is 1. The van der Waals surface area contributed by atoms with E-state index >= 15 is 0 Å². The van der Waals surface area contributed by atoms with Gasteiger partial charge in [0.25, 0.3) is 5.69 Å². The number of hydrogen-bond acceptors (Lipinski definition) is 4. The van der Waals surface area contributed by atoms with Gasteiger partial charge in [-0.2, -0.15) is 4.99 Å². The van der Waals surface area contributed by atoms with Gasteiger partial charge in [-0.3, -0.25) is 10.1 Å². The minimum Gasteiger partial charge on any atom is -0.258 e. The Labute approximate surface area is 80.2 Å². The van der Waals surface area contributed by atoms with Crippen LogP contribution in [0.2, 0.25) is 0 Å². The van der Waals surface area contributed by atoms with Crippen molar-refractivity contribution in [2.75, 3.05) is 0 Å². The number of nitro benzene ring substituents is 1. The second-order valence-corrected chi connectivity index (χ2v) is 2.89. The Morgan fingerprint density at radius 1 is 1.36 bits per heavy atom. The van der Waals surface area contributed by atoms with E-state index < -0.39 is 4.92 Å². The van der Waals surface area contributed by atoms with Crippen LogP contribution >= 0.6 is 0 Å². The normalized spacial score (nSPS) is 9.29. The van der Waals surface area contributed by atoms with Crippen molar-refractivity contribution in [3.63, 3.8) is 0 Å². The fourth-order valence-electron chi connectivity index (χ4n) is 1.07. The number of hydrogen-bond donors (Lipinski definition) is 0. The molecule has 0 spiro atoms. The van der Waals surface area contributed by atoms with Crippen LogP contribution in [0.25, 0.3) is 0 Å². The van der Waals surface area contributed by atoms with Crippen LogP contribution in [-0.4, -0.2) is 11.0 Å². The molecule has 0 aliphatic rings. The maximum absolute atomic E-state index is 10.6. The first-order chi connectivity index (χ1) is 6.56. The van der Waals surface area contributed by atoms with E-state index in [0.717, 1.165) is 11.1 Å². The number of rotatable bonds is 2. The van der Waals surface area contributed by atoms with Crippen molar-refractivity contribution >= 4 is 17.5 Å². The van der Waals surface area contributed by atoms with E-state index in [1.165, 1.54) is 18.2 Å². The molecule has 0 aliphatic heterocycles. The molecule has 1 aromatic carbocycles. The summed E-state index contributed by atoms with van der Waals surface area (Å²) in [5.74, 6) is 0. The molecular formula is C9H8N2O3. The van der Waals surface area contributed by atoms with E-state index in [1.54, 1.807) is 13.8 Å². The molecule has 0 aliphatic carbocycles. The average molecular weight is 192 g/mol. The summed E-state index contributed by atoms with van der Waals surface area (Å²) in [5.41, 5.74) is 1.52. The maximum Gasteiger partial charge on any atom is 0.296 e. The van der Waals surface area contributed by atoms with Gasteiger partial charge in [-0.1, -0.05) is 0 Å². The molecule has 0 aromatic heterocycles. The summed E-state index contributed by atoms with van der Waals surface area (Å²) in [6.45, 7) is 3.56. The zero-order valence-corrected chi connectivity index (χ0v) is 7.77. The third kappa shape index (κ3) is 1.84. The van der Waals surface area contributed by atoms with Crippen LogP contribution < -0.4 is 0 Å². The number of nitrogens with zero attached hydrogens (tertiary/aromatic N) is 2. The van der Waals surface area contributed by atoms with E-state index in [9.17, 15) is 14.9 Å². The Kier molecular flexibility index (Phi) is 2.74. The van der Waals surface area contributed by atoms with Gasteiger partial charge in [0, 0.05) is 6.07 Å². The fourth-order valence-corrected chi connectivity index (χ4v) is 1.07. The molecule has 14 heavy (non-hydrogen) atoms. The highest BCUT2D eigenvalue weighted by Gasteiger charge is 2.14. The standard InChI is InChI=1S/C9H8N2O3/c1-6-3-8(10-5-12)9(11(13)14)4-7(6)2/h3-4H,1-2H3. The minimum atomic E-state index is -0.567. The van der Waals surface area contributed by atoms with Gasteiger partial charge in [-0.05, 0) is 31.0 Å². The van der Waals surface area contributed by atoms with Gasteiger partial charge < -0.3 is 0 Å². The summed E-state index contributed by atoms with van der Waals surface area (Å²) < 4.78 is 0. The highest BCUT2D eigenvalue weighted by molar-refractivity contribution is 5.64. The molecule has 1 rings (SSSR count). The zero-order chi connectivity index (χ0) is 10.7. The van der Waals surface area contributed by atoms with Crippen molar-refractivity contribution in [1.82, 2.24) is 0 Å². The van der Waals surface area contributed by atoms with Crippen LogP contribution in [0.3, 0.4) is 0 Å². The van der Waals surface area contributed by atoms with Gasteiger partial charge in [-0.25, -0.2) is 4.79 Å². The molecule has 5 nitrogen and oxygen atoms in total. The molecule has 0 fully saturated rings. The zero-order valence-electron chi connectivity index (χ0n) is 7.77. The van der Waals surface area contributed by atoms with Crippen molar-refractivity contribution in [3.8, 4) is 0 Å². The number of benzene rings is 1. The lowest BCUT2D eigenvalue weighted by molar-refractivity contribution is -0.384. The Morgan fingerprint density at radius 3 is 2.43 bits per heavy atom. The third-order valence-corrected chi connectivity index (χ3v) is 1.95. The predicted molar refractivity (Wildman–Crippen MR) is 50.4 cm³/mol. The van der Waals surface area contributed by atoms with E-state index in [-0.39, 0.29) is 11.4 Å². The van der Waals surface area contributed by atoms with Gasteiger partial charge in [0.1, 0.15) is 0 Å². The number of aryl methyl sites for hydroxylation is 2. The summed E-state index contributed by atoms with van der Waals surface area (Å²) >= 11 is 0. The fraction of sp³-hybridized carbons (Fsp3) is 0.222. The lowest BCUT2D eigenvalue weighted by Crippen LogP contribution is -1.91. The largest absolute Gasteiger partial charge is 0.296 e. The van der Waals surface area contributed by atoms with E-state index in [2.05, 4.69) is 4.99 Å². The molecular weight excluding hydrogens is 184 g/mol. The van der Waals surface area contributed by atoms with E-state index in [4.69, 9.17) is 0 Å². The highest BCUT2D eigenvalue weighted by Crippen LogP contribution is 2.29. The van der Waals surface area contributed by atoms with Crippen LogP contribution in [0.15, 0.2) is 17.1 Å². The first-order valence-electron chi connectivity index (χ1n) is 3.89. The van der Waals surface area contributed by atoms with Crippen molar-refractivity contribution in [2.24, 2.45) is 4.99 Å². The summed E-state index contributed by atoms with van der Waals surface area (Å²) in [6.07, 6.45) is 1.30. The molecule has 5 heteroatoms. The summed E-state index contributed by atoms with van der Waals surface area (Å²) in [5, 5.41) is 10.6. The maximum atomic E-state index is 10.6. The lowest BCUT2D eigenvalue weighted by Gasteiger charge is -2.01. The molecule has 0 saturated carbocycles. The molecule has 0 atom stereocenters. The van der Waals surface area contributed by atoms with Gasteiger partial charge in [0.05, 0.1) is 4.92 Å². The smallest absolute Gasteiger partial charge is 0.258 e. The van der Waals surface area contributed by atoms with Crippen molar-refractivity contribution < 1.29 is 9.72 Å². The van der Waals surface area contributed by atoms with Gasteiger partial charge >= 0.3 is 0 Å². The van der Waals surface area contributed by atoms with E-state index in [0.29, 0.717) is 0 Å². The van der Waals surface area contributed by atoms with Crippen LogP contribution in [0.5, 0.6) is 0 Å². The van der Waals surface area contributed by atoms with Crippen molar-refractivity contribution in [2.45, 2.75) is 13.8 Å². The van der Waals surface area contributed by atoms with Gasteiger partial charge in [0.15, 0.2) is 5.69 Å². The molecule has 0 bridgehead atoms. The summed E-state index contributed by atoms with van der Waals surface area (Å²) in [6, 6.07) is 2.89. The monoisotopic (exact) mass is 192 g/mol. The Balaban J connectivity index is 3.45. The highest BCUT2D eigenvalue weighted by atomic mass is 16.6. The van der Waals surface area contributed by atoms with Crippen LogP contribution in [0, 0.1) is 24.0 Å². The molecule has 72 valence electrons. The van der Waals surface area contributed by atoms with Crippen LogP contribution in [0.1, 0.15) is 11.1 Å². The Morgan fingerprint density at radius 2 is 1.93 bits per heavy atom. The summed E-state index contributed by atoms with van der Waals surface area (Å²) in [7, 11) is 0. The van der Waals surface area contributed by atoms with Crippen molar-refractivity contribution in [1.29, 1.82) is 0 Å². The molecule has 0 N–H and O–H groups in total. The molecule has 1 aromatic rings. The number of nitro groups is 1. The summed E-state index contributed by atoms with van der Waals surface area (Å²) in [4.78, 5) is 23.3. The van der Waals surface area contributed by atoms with Gasteiger partial charge in [-0.15, -0.1) is 0 Å². The quantitative estimate of drug-likeness (QED) is 0.312. The second kappa shape index (κ2) is 3.81. The number of isocyanates is 1. The third-order valence-electron chi connectivity index (χ3n) is 1.95. The first kappa shape index (κ1) is 10.1. The molecule has 0 unspecified atom stereocenters. The Bertz CT molecular complexity index is 407. The molecule has 0 saturated heterocycles. The van der Waals surface area contributed by atoms with E-state index in [1.807, 2.05) is 0 Å². The van der Waals surface area contributed by atoms with Crippen LogP contribution in [0.4, 0.5) is 11.4 Å². The van der Waals surface area contributed by atoms with Crippen molar-refractivity contribution in [3.05, 3.63) is 33.4 Å². The number of aliphatic imine (C=N–C) groups is 1. The first-order valence-corrected chi connectivity index (χ1v) is 3.89. The molecule has 0 radical (unpaired) electrons. The molecule has 0 amide bonds. The second-order valence-electron chi connectivity index (χ2n) is 2.89. The lowest BCUT2D eigenvalue weighted by atomic mass is 10.1.